The summed E-state index contributed by atoms with van der Waals surface area (Å²) < 4.78 is 31.7. The molecule has 0 bridgehead atoms. The first-order chi connectivity index (χ1) is 14.0. The van der Waals surface area contributed by atoms with Crippen molar-refractivity contribution in [2.24, 2.45) is 0 Å². The smallest absolute Gasteiger partial charge is 0.338 e. The molecule has 0 aliphatic heterocycles. The molecule has 1 heterocycles. The van der Waals surface area contributed by atoms with Gasteiger partial charge in [0, 0.05) is 17.8 Å². The van der Waals surface area contributed by atoms with Crippen molar-refractivity contribution in [3.63, 3.8) is 0 Å². The van der Waals surface area contributed by atoms with Crippen LogP contribution in [0.25, 0.3) is 0 Å². The highest BCUT2D eigenvalue weighted by Crippen LogP contribution is 2.20. The van der Waals surface area contributed by atoms with Crippen LogP contribution in [0.2, 0.25) is 0 Å². The maximum atomic E-state index is 13.8. The van der Waals surface area contributed by atoms with Crippen molar-refractivity contribution < 1.29 is 23.1 Å². The van der Waals surface area contributed by atoms with Crippen LogP contribution in [-0.2, 0) is 4.74 Å². The third-order valence-corrected chi connectivity index (χ3v) is 3.75. The quantitative estimate of drug-likeness (QED) is 0.611. The summed E-state index contributed by atoms with van der Waals surface area (Å²) >= 11 is 0. The summed E-state index contributed by atoms with van der Waals surface area (Å²) in [4.78, 5) is 31.9. The number of anilines is 3. The Morgan fingerprint density at radius 2 is 1.79 bits per heavy atom. The molecule has 7 nitrogen and oxygen atoms in total. The summed E-state index contributed by atoms with van der Waals surface area (Å²) in [5, 5.41) is 5.30. The SMILES string of the molecule is CCOC(=O)c1ccc(NC(=O)c2cc(Nc3ccc(F)cc3F)ncn2)cc1. The van der Waals surface area contributed by atoms with Gasteiger partial charge < -0.3 is 15.4 Å². The summed E-state index contributed by atoms with van der Waals surface area (Å²) in [6.07, 6.45) is 1.14. The van der Waals surface area contributed by atoms with Crippen LogP contribution in [0.5, 0.6) is 0 Å². The second-order valence-corrected chi connectivity index (χ2v) is 5.79. The van der Waals surface area contributed by atoms with Crippen LogP contribution in [0.1, 0.15) is 27.8 Å². The lowest BCUT2D eigenvalue weighted by Gasteiger charge is -2.09. The molecule has 148 valence electrons. The molecule has 2 aromatic carbocycles. The second kappa shape index (κ2) is 8.87. The van der Waals surface area contributed by atoms with Gasteiger partial charge in [-0.25, -0.2) is 23.5 Å². The standard InChI is InChI=1S/C20H16F2N4O3/c1-2-29-20(28)12-3-6-14(7-4-12)25-19(27)17-10-18(24-11-23-17)26-16-8-5-13(21)9-15(16)22/h3-11H,2H2,1H3,(H,25,27)(H,23,24,26). The van der Waals surface area contributed by atoms with Crippen molar-refractivity contribution in [1.29, 1.82) is 0 Å². The van der Waals surface area contributed by atoms with E-state index in [0.717, 1.165) is 18.5 Å². The Morgan fingerprint density at radius 3 is 2.48 bits per heavy atom. The Hall–Kier alpha value is -3.88. The van der Waals surface area contributed by atoms with Crippen molar-refractivity contribution >= 4 is 29.1 Å². The first kappa shape index (κ1) is 19.9. The van der Waals surface area contributed by atoms with E-state index in [-0.39, 0.29) is 23.8 Å². The molecule has 0 saturated heterocycles. The lowest BCUT2D eigenvalue weighted by molar-refractivity contribution is 0.0526. The number of halogens is 2. The Kier molecular flexibility index (Phi) is 6.08. The molecule has 0 unspecified atom stereocenters. The van der Waals surface area contributed by atoms with Gasteiger partial charge in [0.25, 0.3) is 5.91 Å². The maximum absolute atomic E-state index is 13.8. The number of benzene rings is 2. The summed E-state index contributed by atoms with van der Waals surface area (Å²) in [5.74, 6) is -2.32. The number of hydrogen-bond donors (Lipinski definition) is 2. The molecule has 29 heavy (non-hydrogen) atoms. The van der Waals surface area contributed by atoms with E-state index in [2.05, 4.69) is 20.6 Å². The normalized spacial score (nSPS) is 10.3. The van der Waals surface area contributed by atoms with E-state index in [0.29, 0.717) is 11.3 Å². The highest BCUT2D eigenvalue weighted by molar-refractivity contribution is 6.03. The first-order valence-corrected chi connectivity index (χ1v) is 8.59. The lowest BCUT2D eigenvalue weighted by atomic mass is 10.2. The Balaban J connectivity index is 1.70. The predicted octanol–water partition coefficient (Wildman–Crippen LogP) is 3.93. The van der Waals surface area contributed by atoms with Gasteiger partial charge >= 0.3 is 5.97 Å². The molecular formula is C20H16F2N4O3. The van der Waals surface area contributed by atoms with Crippen molar-refractivity contribution in [2.45, 2.75) is 6.92 Å². The summed E-state index contributed by atoms with van der Waals surface area (Å²) in [6.45, 7) is 1.98. The molecule has 9 heteroatoms. The molecule has 0 spiro atoms. The van der Waals surface area contributed by atoms with Crippen LogP contribution in [0.15, 0.2) is 54.9 Å². The number of amides is 1. The van der Waals surface area contributed by atoms with E-state index in [4.69, 9.17) is 4.74 Å². The molecule has 1 aromatic heterocycles. The van der Waals surface area contributed by atoms with Crippen LogP contribution >= 0.6 is 0 Å². The number of esters is 1. The van der Waals surface area contributed by atoms with Gasteiger partial charge in [-0.3, -0.25) is 4.79 Å². The summed E-state index contributed by atoms with van der Waals surface area (Å²) in [5.41, 5.74) is 0.839. The number of aromatic nitrogens is 2. The van der Waals surface area contributed by atoms with E-state index >= 15 is 0 Å². The highest BCUT2D eigenvalue weighted by atomic mass is 19.1. The van der Waals surface area contributed by atoms with Gasteiger partial charge in [0.15, 0.2) is 0 Å². The molecule has 0 aliphatic rings. The molecule has 0 fully saturated rings. The summed E-state index contributed by atoms with van der Waals surface area (Å²) in [7, 11) is 0. The van der Waals surface area contributed by atoms with Gasteiger partial charge in [-0.05, 0) is 43.3 Å². The number of nitrogens with one attached hydrogen (secondary N) is 2. The monoisotopic (exact) mass is 398 g/mol. The molecular weight excluding hydrogens is 382 g/mol. The number of rotatable bonds is 6. The van der Waals surface area contributed by atoms with Gasteiger partial charge in [0.2, 0.25) is 0 Å². The molecule has 2 N–H and O–H groups in total. The molecule has 0 saturated carbocycles. The van der Waals surface area contributed by atoms with E-state index in [9.17, 15) is 18.4 Å². The molecule has 3 rings (SSSR count). The van der Waals surface area contributed by atoms with E-state index in [1.54, 1.807) is 19.1 Å². The van der Waals surface area contributed by atoms with Gasteiger partial charge in [-0.2, -0.15) is 0 Å². The second-order valence-electron chi connectivity index (χ2n) is 5.79. The van der Waals surface area contributed by atoms with Crippen molar-refractivity contribution in [2.75, 3.05) is 17.2 Å². The average molecular weight is 398 g/mol. The van der Waals surface area contributed by atoms with E-state index in [1.807, 2.05) is 0 Å². The average Bonchev–Trinajstić information content (AvgIpc) is 2.71. The number of carbonyl (C=O) groups excluding carboxylic acids is 2. The number of carbonyl (C=O) groups is 2. The summed E-state index contributed by atoms with van der Waals surface area (Å²) in [6, 6.07) is 10.5. The minimum atomic E-state index is -0.795. The fourth-order valence-corrected chi connectivity index (χ4v) is 2.38. The van der Waals surface area contributed by atoms with Gasteiger partial charge in [0.05, 0.1) is 17.9 Å². The van der Waals surface area contributed by atoms with Crippen LogP contribution in [0.3, 0.4) is 0 Å². The third-order valence-electron chi connectivity index (χ3n) is 3.75. The Morgan fingerprint density at radius 1 is 1.03 bits per heavy atom. The molecule has 0 atom stereocenters. The number of hydrogen-bond acceptors (Lipinski definition) is 6. The van der Waals surface area contributed by atoms with Gasteiger partial charge in [0.1, 0.15) is 29.5 Å². The Bertz CT molecular complexity index is 1040. The van der Waals surface area contributed by atoms with E-state index in [1.165, 1.54) is 24.3 Å². The minimum absolute atomic E-state index is 0.00557. The van der Waals surface area contributed by atoms with Crippen LogP contribution in [0.4, 0.5) is 26.0 Å². The van der Waals surface area contributed by atoms with Crippen molar-refractivity contribution in [3.05, 3.63) is 77.8 Å². The van der Waals surface area contributed by atoms with Crippen molar-refractivity contribution in [3.8, 4) is 0 Å². The van der Waals surface area contributed by atoms with Crippen LogP contribution < -0.4 is 10.6 Å². The van der Waals surface area contributed by atoms with E-state index < -0.39 is 23.5 Å². The van der Waals surface area contributed by atoms with Gasteiger partial charge in [-0.1, -0.05) is 0 Å². The van der Waals surface area contributed by atoms with Crippen LogP contribution in [-0.4, -0.2) is 28.5 Å². The highest BCUT2D eigenvalue weighted by Gasteiger charge is 2.12. The topological polar surface area (TPSA) is 93.2 Å². The first-order valence-electron chi connectivity index (χ1n) is 8.59. The molecule has 0 radical (unpaired) electrons. The minimum Gasteiger partial charge on any atom is -0.462 e. The fourth-order valence-electron chi connectivity index (χ4n) is 2.38. The zero-order valence-electron chi connectivity index (χ0n) is 15.3. The molecule has 3 aromatic rings. The lowest BCUT2D eigenvalue weighted by Crippen LogP contribution is -2.14. The van der Waals surface area contributed by atoms with Crippen LogP contribution in [0, 0.1) is 11.6 Å². The maximum Gasteiger partial charge on any atom is 0.338 e. The molecule has 1 amide bonds. The Labute approximate surface area is 164 Å². The molecule has 0 aliphatic carbocycles. The predicted molar refractivity (Wildman–Crippen MR) is 102 cm³/mol. The van der Waals surface area contributed by atoms with Crippen molar-refractivity contribution in [1.82, 2.24) is 9.97 Å². The van der Waals surface area contributed by atoms with Gasteiger partial charge in [-0.15, -0.1) is 0 Å². The third kappa shape index (κ3) is 5.10. The zero-order valence-corrected chi connectivity index (χ0v) is 15.3. The number of nitrogens with zero attached hydrogens (tertiary/aromatic N) is 2. The fraction of sp³-hybridized carbons (Fsp3) is 0.100. The zero-order chi connectivity index (χ0) is 20.8. The number of ether oxygens (including phenoxy) is 1. The largest absolute Gasteiger partial charge is 0.462 e.